The van der Waals surface area contributed by atoms with Crippen LogP contribution in [0.1, 0.15) is 12.8 Å². The minimum atomic E-state index is -4.31. The van der Waals surface area contributed by atoms with Crippen molar-refractivity contribution in [3.8, 4) is 0 Å². The summed E-state index contributed by atoms with van der Waals surface area (Å²) >= 11 is 0. The zero-order valence-corrected chi connectivity index (χ0v) is 8.68. The SMILES string of the molecule is COC1(C(F)(F)F)CCN(CCO)CC1. The summed E-state index contributed by atoms with van der Waals surface area (Å²) in [5, 5.41) is 8.67. The zero-order valence-electron chi connectivity index (χ0n) is 8.68. The molecule has 0 aromatic rings. The summed E-state index contributed by atoms with van der Waals surface area (Å²) in [7, 11) is 1.11. The number of likely N-dealkylation sites (tertiary alicyclic amines) is 1. The molecule has 1 heterocycles. The summed E-state index contributed by atoms with van der Waals surface area (Å²) < 4.78 is 42.8. The Balaban J connectivity index is 2.59. The van der Waals surface area contributed by atoms with Gasteiger partial charge < -0.3 is 14.7 Å². The molecule has 3 nitrogen and oxygen atoms in total. The second-order valence-corrected chi connectivity index (χ2v) is 3.76. The standard InChI is InChI=1S/C9H16F3NO2/c1-15-8(9(10,11)12)2-4-13(5-3-8)6-7-14/h14H,2-7H2,1H3. The normalized spacial score (nSPS) is 23.0. The number of aliphatic hydroxyl groups excluding tert-OH is 1. The molecule has 0 atom stereocenters. The quantitative estimate of drug-likeness (QED) is 0.781. The molecular formula is C9H16F3NO2. The van der Waals surface area contributed by atoms with Crippen LogP contribution in [-0.2, 0) is 4.74 Å². The highest BCUT2D eigenvalue weighted by Gasteiger charge is 2.56. The number of methoxy groups -OCH3 is 1. The first-order chi connectivity index (χ1) is 6.95. The van der Waals surface area contributed by atoms with Gasteiger partial charge in [-0.25, -0.2) is 0 Å². The minimum Gasteiger partial charge on any atom is -0.395 e. The number of piperidine rings is 1. The largest absolute Gasteiger partial charge is 0.417 e. The monoisotopic (exact) mass is 227 g/mol. The van der Waals surface area contributed by atoms with E-state index < -0.39 is 11.8 Å². The minimum absolute atomic E-state index is 0.0218. The summed E-state index contributed by atoms with van der Waals surface area (Å²) in [5.74, 6) is 0. The van der Waals surface area contributed by atoms with E-state index in [0.717, 1.165) is 7.11 Å². The number of hydrogen-bond donors (Lipinski definition) is 1. The number of aliphatic hydroxyl groups is 1. The second-order valence-electron chi connectivity index (χ2n) is 3.76. The van der Waals surface area contributed by atoms with Crippen LogP contribution in [0, 0.1) is 0 Å². The van der Waals surface area contributed by atoms with E-state index in [1.54, 1.807) is 0 Å². The molecule has 0 aromatic heterocycles. The first-order valence-corrected chi connectivity index (χ1v) is 4.90. The summed E-state index contributed by atoms with van der Waals surface area (Å²) in [5.41, 5.74) is -1.99. The van der Waals surface area contributed by atoms with Crippen LogP contribution in [-0.4, -0.2) is 55.1 Å². The van der Waals surface area contributed by atoms with E-state index in [9.17, 15) is 13.2 Å². The van der Waals surface area contributed by atoms with Crippen molar-refractivity contribution in [3.05, 3.63) is 0 Å². The molecule has 1 fully saturated rings. The van der Waals surface area contributed by atoms with E-state index in [1.807, 2.05) is 4.90 Å². The van der Waals surface area contributed by atoms with Crippen molar-refractivity contribution in [2.24, 2.45) is 0 Å². The molecule has 6 heteroatoms. The van der Waals surface area contributed by atoms with Crippen LogP contribution in [0.15, 0.2) is 0 Å². The van der Waals surface area contributed by atoms with Crippen molar-refractivity contribution in [3.63, 3.8) is 0 Å². The predicted molar refractivity (Wildman–Crippen MR) is 48.6 cm³/mol. The first-order valence-electron chi connectivity index (χ1n) is 4.90. The Morgan fingerprint density at radius 3 is 2.20 bits per heavy atom. The van der Waals surface area contributed by atoms with E-state index in [-0.39, 0.29) is 19.4 Å². The molecule has 0 bridgehead atoms. The van der Waals surface area contributed by atoms with Crippen LogP contribution < -0.4 is 0 Å². The molecule has 1 aliphatic heterocycles. The average Bonchev–Trinajstić information content (AvgIpc) is 2.18. The molecule has 1 rings (SSSR count). The molecular weight excluding hydrogens is 211 g/mol. The molecule has 15 heavy (non-hydrogen) atoms. The van der Waals surface area contributed by atoms with Crippen molar-refractivity contribution < 1.29 is 23.0 Å². The van der Waals surface area contributed by atoms with Crippen LogP contribution in [0.5, 0.6) is 0 Å². The average molecular weight is 227 g/mol. The van der Waals surface area contributed by atoms with E-state index in [2.05, 4.69) is 4.74 Å². The van der Waals surface area contributed by atoms with Crippen molar-refractivity contribution in [1.29, 1.82) is 0 Å². The Kier molecular flexibility index (Phi) is 3.97. The second kappa shape index (κ2) is 4.67. The molecule has 0 amide bonds. The van der Waals surface area contributed by atoms with Gasteiger partial charge in [0.15, 0.2) is 5.60 Å². The van der Waals surface area contributed by atoms with Gasteiger partial charge in [-0.15, -0.1) is 0 Å². The van der Waals surface area contributed by atoms with E-state index in [0.29, 0.717) is 19.6 Å². The lowest BCUT2D eigenvalue weighted by atomic mass is 9.90. The number of β-amino-alcohol motifs (C(OH)–C–C–N with tert-alkyl or cyclic N) is 1. The molecule has 0 aliphatic carbocycles. The lowest BCUT2D eigenvalue weighted by Gasteiger charge is -2.41. The van der Waals surface area contributed by atoms with Gasteiger partial charge in [-0.05, 0) is 12.8 Å². The lowest BCUT2D eigenvalue weighted by Crippen LogP contribution is -2.54. The maximum Gasteiger partial charge on any atom is 0.417 e. The number of alkyl halides is 3. The highest BCUT2D eigenvalue weighted by atomic mass is 19.4. The Labute approximate surface area is 86.8 Å². The molecule has 0 aromatic carbocycles. The maximum atomic E-state index is 12.7. The fraction of sp³-hybridized carbons (Fsp3) is 1.00. The highest BCUT2D eigenvalue weighted by molar-refractivity contribution is 4.93. The molecule has 1 saturated heterocycles. The number of rotatable bonds is 3. The van der Waals surface area contributed by atoms with Gasteiger partial charge in [0.1, 0.15) is 0 Å². The zero-order chi connectivity index (χ0) is 11.5. The van der Waals surface area contributed by atoms with Crippen LogP contribution in [0.25, 0.3) is 0 Å². The van der Waals surface area contributed by atoms with Crippen LogP contribution in [0.4, 0.5) is 13.2 Å². The molecule has 1 N–H and O–H groups in total. The highest BCUT2D eigenvalue weighted by Crippen LogP contribution is 2.40. The van der Waals surface area contributed by atoms with Gasteiger partial charge in [-0.1, -0.05) is 0 Å². The maximum absolute atomic E-state index is 12.7. The van der Waals surface area contributed by atoms with Crippen molar-refractivity contribution in [2.45, 2.75) is 24.6 Å². The van der Waals surface area contributed by atoms with Gasteiger partial charge in [0.05, 0.1) is 6.61 Å². The van der Waals surface area contributed by atoms with Crippen LogP contribution in [0.2, 0.25) is 0 Å². The van der Waals surface area contributed by atoms with E-state index >= 15 is 0 Å². The number of hydrogen-bond acceptors (Lipinski definition) is 3. The Hall–Kier alpha value is -0.330. The molecule has 0 saturated carbocycles. The fourth-order valence-corrected chi connectivity index (χ4v) is 1.88. The summed E-state index contributed by atoms with van der Waals surface area (Å²) in [6, 6.07) is 0. The molecule has 0 spiro atoms. The topological polar surface area (TPSA) is 32.7 Å². The van der Waals surface area contributed by atoms with Crippen LogP contribution in [0.3, 0.4) is 0 Å². The van der Waals surface area contributed by atoms with E-state index in [1.165, 1.54) is 0 Å². The number of ether oxygens (including phenoxy) is 1. The van der Waals surface area contributed by atoms with Crippen LogP contribution >= 0.6 is 0 Å². The molecule has 0 unspecified atom stereocenters. The molecule has 0 radical (unpaired) electrons. The Morgan fingerprint density at radius 2 is 1.87 bits per heavy atom. The van der Waals surface area contributed by atoms with Crippen molar-refractivity contribution in [2.75, 3.05) is 33.4 Å². The third kappa shape index (κ3) is 2.62. The predicted octanol–water partition coefficient (Wildman–Crippen LogP) is 1.02. The third-order valence-electron chi connectivity index (χ3n) is 2.99. The molecule has 90 valence electrons. The van der Waals surface area contributed by atoms with Gasteiger partial charge in [-0.3, -0.25) is 0 Å². The lowest BCUT2D eigenvalue weighted by molar-refractivity contribution is -0.282. The van der Waals surface area contributed by atoms with E-state index in [4.69, 9.17) is 5.11 Å². The smallest absolute Gasteiger partial charge is 0.395 e. The third-order valence-corrected chi connectivity index (χ3v) is 2.99. The fourth-order valence-electron chi connectivity index (χ4n) is 1.88. The summed E-state index contributed by atoms with van der Waals surface area (Å²) in [6.07, 6.45) is -4.44. The van der Waals surface area contributed by atoms with Gasteiger partial charge in [0.2, 0.25) is 0 Å². The molecule has 1 aliphatic rings. The van der Waals surface area contributed by atoms with Gasteiger partial charge >= 0.3 is 6.18 Å². The number of halogens is 3. The van der Waals surface area contributed by atoms with Gasteiger partial charge in [0, 0.05) is 26.7 Å². The summed E-state index contributed by atoms with van der Waals surface area (Å²) in [4.78, 5) is 1.81. The van der Waals surface area contributed by atoms with Crippen molar-refractivity contribution >= 4 is 0 Å². The summed E-state index contributed by atoms with van der Waals surface area (Å²) in [6.45, 7) is 1.03. The van der Waals surface area contributed by atoms with Gasteiger partial charge in [-0.2, -0.15) is 13.2 Å². The first kappa shape index (κ1) is 12.7. The Bertz CT molecular complexity index is 200. The van der Waals surface area contributed by atoms with Crippen molar-refractivity contribution in [1.82, 2.24) is 4.90 Å². The Morgan fingerprint density at radius 1 is 1.33 bits per heavy atom. The van der Waals surface area contributed by atoms with Gasteiger partial charge in [0.25, 0.3) is 0 Å². The number of nitrogens with zero attached hydrogens (tertiary/aromatic N) is 1.